The normalized spacial score (nSPS) is 38.4. The first-order valence-electron chi connectivity index (χ1n) is 2.20. The number of thioether (sulfide) groups is 1. The van der Waals surface area contributed by atoms with Crippen molar-refractivity contribution < 1.29 is 1.37 Å². The molecule has 0 saturated heterocycles. The van der Waals surface area contributed by atoms with Gasteiger partial charge >= 0.3 is 0 Å². The summed E-state index contributed by atoms with van der Waals surface area (Å²) in [6, 6.07) is 0. The van der Waals surface area contributed by atoms with Crippen molar-refractivity contribution in [3.8, 4) is 0 Å². The van der Waals surface area contributed by atoms with Crippen molar-refractivity contribution in [3.63, 3.8) is 0 Å². The first kappa shape index (κ1) is 2.30. The van der Waals surface area contributed by atoms with Gasteiger partial charge in [-0.25, -0.2) is 0 Å². The third-order valence-electron chi connectivity index (χ3n) is 0.503. The molecule has 1 atom stereocenters. The van der Waals surface area contributed by atoms with Crippen LogP contribution in [0.5, 0.6) is 0 Å². The van der Waals surface area contributed by atoms with Crippen LogP contribution in [0.4, 0.5) is 0 Å². The van der Waals surface area contributed by atoms with E-state index in [0.29, 0.717) is 0 Å². The predicted octanol–water partition coefficient (Wildman–Crippen LogP) is 1.64. The van der Waals surface area contributed by atoms with Crippen molar-refractivity contribution in [3.05, 3.63) is 11.5 Å². The van der Waals surface area contributed by atoms with Crippen LogP contribution in [0.3, 0.4) is 0 Å². The molecule has 0 radical (unpaired) electrons. The number of hydrogen-bond donors (Lipinski definition) is 0. The second-order valence-corrected chi connectivity index (χ2v) is 1.79. The SMILES string of the molecule is [2H]C1CC=CS1. The Labute approximate surface area is 37.7 Å². The quantitative estimate of drug-likeness (QED) is 0.433. The van der Waals surface area contributed by atoms with E-state index in [1.54, 1.807) is 11.8 Å². The minimum Gasteiger partial charge on any atom is -0.134 e. The average molecular weight is 87.2 g/mol. The zero-order valence-electron chi connectivity index (χ0n) is 3.85. The van der Waals surface area contributed by atoms with Crippen LogP contribution >= 0.6 is 11.8 Å². The van der Waals surface area contributed by atoms with Gasteiger partial charge in [-0.1, -0.05) is 6.08 Å². The van der Waals surface area contributed by atoms with Crippen molar-refractivity contribution in [2.24, 2.45) is 0 Å². The maximum atomic E-state index is 7.03. The third kappa shape index (κ3) is 0.690. The number of rotatable bonds is 0. The van der Waals surface area contributed by atoms with E-state index in [0.717, 1.165) is 6.42 Å². The summed E-state index contributed by atoms with van der Waals surface area (Å²) in [5.41, 5.74) is 0.102. The zero-order valence-corrected chi connectivity index (χ0v) is 3.66. The fourth-order valence-corrected chi connectivity index (χ4v) is 0.833. The fraction of sp³-hybridized carbons (Fsp3) is 0.500. The maximum Gasteiger partial charge on any atom is 0.0387 e. The van der Waals surface area contributed by atoms with E-state index in [9.17, 15) is 0 Å². The molecule has 0 N–H and O–H groups in total. The van der Waals surface area contributed by atoms with Crippen LogP contribution in [0.1, 0.15) is 7.79 Å². The summed E-state index contributed by atoms with van der Waals surface area (Å²) in [6.45, 7) is 0. The first-order chi connectivity index (χ1) is 2.89. The van der Waals surface area contributed by atoms with Gasteiger partial charge in [-0.3, -0.25) is 0 Å². The molecule has 0 saturated carbocycles. The highest BCUT2D eigenvalue weighted by Crippen LogP contribution is 2.11. The largest absolute Gasteiger partial charge is 0.134 e. The van der Waals surface area contributed by atoms with Crippen molar-refractivity contribution >= 4 is 11.8 Å². The van der Waals surface area contributed by atoms with Crippen molar-refractivity contribution in [2.45, 2.75) is 6.42 Å². The van der Waals surface area contributed by atoms with Crippen LogP contribution in [-0.2, 0) is 0 Å². The Kier molecular flexibility index (Phi) is 0.692. The van der Waals surface area contributed by atoms with Gasteiger partial charge in [0.15, 0.2) is 0 Å². The van der Waals surface area contributed by atoms with Gasteiger partial charge in [-0.2, -0.15) is 0 Å². The van der Waals surface area contributed by atoms with E-state index in [-0.39, 0.29) is 5.73 Å². The van der Waals surface area contributed by atoms with E-state index in [1.807, 2.05) is 11.5 Å². The minimum atomic E-state index is 0.102. The molecule has 0 aromatic heterocycles. The Balaban J connectivity index is 2.32. The molecule has 1 heterocycles. The molecule has 1 heteroatoms. The molecule has 1 rings (SSSR count). The van der Waals surface area contributed by atoms with Gasteiger partial charge in [0, 0.05) is 7.10 Å². The average Bonchev–Trinajstić information content (AvgIpc) is 1.86. The zero-order chi connectivity index (χ0) is 4.41. The monoisotopic (exact) mass is 87.0 g/mol. The van der Waals surface area contributed by atoms with E-state index in [4.69, 9.17) is 1.37 Å². The smallest absolute Gasteiger partial charge is 0.0387 e. The van der Waals surface area contributed by atoms with Crippen LogP contribution in [0, 0.1) is 0 Å². The number of allylic oxidation sites excluding steroid dienone is 1. The molecule has 1 unspecified atom stereocenters. The lowest BCUT2D eigenvalue weighted by Crippen LogP contribution is -1.56. The van der Waals surface area contributed by atoms with Gasteiger partial charge in [0.25, 0.3) is 0 Å². The molecule has 28 valence electrons. The lowest BCUT2D eigenvalue weighted by Gasteiger charge is -1.69. The molecule has 0 amide bonds. The highest BCUT2D eigenvalue weighted by molar-refractivity contribution is 8.02. The van der Waals surface area contributed by atoms with E-state index >= 15 is 0 Å². The summed E-state index contributed by atoms with van der Waals surface area (Å²) in [5, 5.41) is 1.98. The van der Waals surface area contributed by atoms with Gasteiger partial charge in [0.1, 0.15) is 0 Å². The topological polar surface area (TPSA) is 0 Å². The standard InChI is InChI=1S/C4H6S/c1-2-4-5-3-1/h1,3H,2,4H2/i4D. The van der Waals surface area contributed by atoms with Crippen molar-refractivity contribution in [1.82, 2.24) is 0 Å². The van der Waals surface area contributed by atoms with E-state index in [2.05, 4.69) is 0 Å². The second kappa shape index (κ2) is 1.51. The molecule has 0 fully saturated rings. The Morgan fingerprint density at radius 2 is 3.00 bits per heavy atom. The summed E-state index contributed by atoms with van der Waals surface area (Å²) in [6.07, 6.45) is 2.97. The Morgan fingerprint density at radius 3 is 3.20 bits per heavy atom. The maximum absolute atomic E-state index is 7.03. The van der Waals surface area contributed by atoms with Crippen molar-refractivity contribution in [2.75, 3.05) is 5.73 Å². The van der Waals surface area contributed by atoms with Gasteiger partial charge in [0.05, 0.1) is 0 Å². The number of hydrogen-bond acceptors (Lipinski definition) is 1. The lowest BCUT2D eigenvalue weighted by atomic mass is 10.5. The van der Waals surface area contributed by atoms with Gasteiger partial charge in [-0.15, -0.1) is 11.8 Å². The molecule has 0 aliphatic carbocycles. The fourth-order valence-electron chi connectivity index (χ4n) is 0.278. The summed E-state index contributed by atoms with van der Waals surface area (Å²) < 4.78 is 7.03. The van der Waals surface area contributed by atoms with Crippen LogP contribution in [0.25, 0.3) is 0 Å². The molecular weight excluding hydrogens is 80.1 g/mol. The highest BCUT2D eigenvalue weighted by Gasteiger charge is 1.85. The first-order valence-corrected chi connectivity index (χ1v) is 2.56. The summed E-state index contributed by atoms with van der Waals surface area (Å²) in [7, 11) is 0. The Hall–Kier alpha value is 0.0900. The molecule has 1 aliphatic rings. The lowest BCUT2D eigenvalue weighted by molar-refractivity contribution is 1.28. The molecule has 1 aliphatic heterocycles. The molecule has 0 spiro atoms. The predicted molar refractivity (Wildman–Crippen MR) is 26.2 cm³/mol. The van der Waals surface area contributed by atoms with Gasteiger partial charge in [0.2, 0.25) is 0 Å². The third-order valence-corrected chi connectivity index (χ3v) is 1.24. The Morgan fingerprint density at radius 1 is 2.00 bits per heavy atom. The van der Waals surface area contributed by atoms with Crippen LogP contribution in [-0.4, -0.2) is 5.73 Å². The molecule has 5 heavy (non-hydrogen) atoms. The van der Waals surface area contributed by atoms with Gasteiger partial charge < -0.3 is 0 Å². The second-order valence-electron chi connectivity index (χ2n) is 0.910. The Bertz CT molecular complexity index is 61.9. The van der Waals surface area contributed by atoms with Gasteiger partial charge in [-0.05, 0) is 11.8 Å². The minimum absolute atomic E-state index is 0.102. The molecule has 0 aromatic carbocycles. The summed E-state index contributed by atoms with van der Waals surface area (Å²) >= 11 is 1.58. The van der Waals surface area contributed by atoms with E-state index < -0.39 is 0 Å². The molecule has 0 bridgehead atoms. The summed E-state index contributed by atoms with van der Waals surface area (Å²) in [5.74, 6) is 0. The van der Waals surface area contributed by atoms with Crippen LogP contribution in [0.2, 0.25) is 0 Å². The summed E-state index contributed by atoms with van der Waals surface area (Å²) in [4.78, 5) is 0. The molecule has 0 aromatic rings. The highest BCUT2D eigenvalue weighted by atomic mass is 32.2. The van der Waals surface area contributed by atoms with E-state index in [1.165, 1.54) is 0 Å². The van der Waals surface area contributed by atoms with Crippen LogP contribution in [0.15, 0.2) is 11.5 Å². The molecular formula is C4H6S. The molecule has 0 nitrogen and oxygen atoms in total. The van der Waals surface area contributed by atoms with Crippen molar-refractivity contribution in [1.29, 1.82) is 0 Å². The van der Waals surface area contributed by atoms with Crippen LogP contribution < -0.4 is 0 Å².